The SMILES string of the molecule is C=C(CCOC)C(O)C(NC=O)C(=O)OCC. The minimum absolute atomic E-state index is 0.174. The largest absolute Gasteiger partial charge is 0.464 e. The molecule has 0 aromatic heterocycles. The van der Waals surface area contributed by atoms with Crippen molar-refractivity contribution in [3.05, 3.63) is 12.2 Å². The second kappa shape index (κ2) is 8.72. The highest BCUT2D eigenvalue weighted by Crippen LogP contribution is 2.10. The van der Waals surface area contributed by atoms with Gasteiger partial charge in [0.05, 0.1) is 6.61 Å². The maximum atomic E-state index is 11.5. The number of hydrogen-bond donors (Lipinski definition) is 2. The summed E-state index contributed by atoms with van der Waals surface area (Å²) < 4.78 is 9.57. The Morgan fingerprint density at radius 2 is 2.24 bits per heavy atom. The molecule has 0 saturated heterocycles. The van der Waals surface area contributed by atoms with Crippen molar-refractivity contribution < 1.29 is 24.2 Å². The quantitative estimate of drug-likeness (QED) is 0.328. The second-order valence-electron chi connectivity index (χ2n) is 3.36. The Morgan fingerprint density at radius 3 is 2.71 bits per heavy atom. The third-order valence-corrected chi connectivity index (χ3v) is 2.15. The molecule has 0 heterocycles. The maximum absolute atomic E-state index is 11.5. The summed E-state index contributed by atoms with van der Waals surface area (Å²) in [4.78, 5) is 21.9. The monoisotopic (exact) mass is 245 g/mol. The molecule has 0 aliphatic carbocycles. The molecular formula is C11H19NO5. The van der Waals surface area contributed by atoms with Crippen molar-refractivity contribution in [3.8, 4) is 0 Å². The predicted molar refractivity (Wildman–Crippen MR) is 61.3 cm³/mol. The topological polar surface area (TPSA) is 84.9 Å². The molecule has 98 valence electrons. The Balaban J connectivity index is 4.51. The van der Waals surface area contributed by atoms with E-state index in [-0.39, 0.29) is 6.61 Å². The van der Waals surface area contributed by atoms with E-state index in [1.54, 1.807) is 6.92 Å². The lowest BCUT2D eigenvalue weighted by Gasteiger charge is -2.22. The van der Waals surface area contributed by atoms with Crippen molar-refractivity contribution in [1.82, 2.24) is 5.32 Å². The van der Waals surface area contributed by atoms with E-state index in [9.17, 15) is 14.7 Å². The van der Waals surface area contributed by atoms with Gasteiger partial charge in [-0.2, -0.15) is 0 Å². The van der Waals surface area contributed by atoms with Crippen molar-refractivity contribution in [1.29, 1.82) is 0 Å². The van der Waals surface area contributed by atoms with Crippen LogP contribution in [0.15, 0.2) is 12.2 Å². The highest BCUT2D eigenvalue weighted by Gasteiger charge is 2.29. The Labute approximate surface area is 101 Å². The van der Waals surface area contributed by atoms with Gasteiger partial charge < -0.3 is 19.9 Å². The van der Waals surface area contributed by atoms with Crippen LogP contribution in [-0.2, 0) is 19.1 Å². The molecular weight excluding hydrogens is 226 g/mol. The molecule has 0 aromatic carbocycles. The number of carbonyl (C=O) groups is 2. The van der Waals surface area contributed by atoms with Gasteiger partial charge in [-0.1, -0.05) is 6.58 Å². The van der Waals surface area contributed by atoms with Crippen LogP contribution >= 0.6 is 0 Å². The summed E-state index contributed by atoms with van der Waals surface area (Å²) in [6.45, 7) is 5.84. The van der Waals surface area contributed by atoms with E-state index >= 15 is 0 Å². The van der Waals surface area contributed by atoms with Crippen LogP contribution in [0.1, 0.15) is 13.3 Å². The number of ether oxygens (including phenoxy) is 2. The smallest absolute Gasteiger partial charge is 0.331 e. The van der Waals surface area contributed by atoms with Gasteiger partial charge in [0.2, 0.25) is 6.41 Å². The van der Waals surface area contributed by atoms with Gasteiger partial charge in [-0.05, 0) is 18.9 Å². The highest BCUT2D eigenvalue weighted by molar-refractivity contribution is 5.79. The van der Waals surface area contributed by atoms with Gasteiger partial charge in [-0.15, -0.1) is 0 Å². The molecule has 2 N–H and O–H groups in total. The van der Waals surface area contributed by atoms with E-state index in [0.29, 0.717) is 25.0 Å². The van der Waals surface area contributed by atoms with E-state index in [1.807, 2.05) is 0 Å². The molecule has 0 saturated carbocycles. The molecule has 0 aliphatic rings. The molecule has 0 spiro atoms. The summed E-state index contributed by atoms with van der Waals surface area (Å²) in [6, 6.07) is -1.13. The van der Waals surface area contributed by atoms with Crippen molar-refractivity contribution >= 4 is 12.4 Å². The number of nitrogens with one attached hydrogen (secondary N) is 1. The summed E-state index contributed by atoms with van der Waals surface area (Å²) in [5.74, 6) is -0.689. The first-order valence-electron chi connectivity index (χ1n) is 5.29. The van der Waals surface area contributed by atoms with E-state index < -0.39 is 18.1 Å². The molecule has 6 heteroatoms. The average Bonchev–Trinajstić information content (AvgIpc) is 2.32. The third-order valence-electron chi connectivity index (χ3n) is 2.15. The lowest BCUT2D eigenvalue weighted by molar-refractivity contribution is -0.149. The summed E-state index contributed by atoms with van der Waals surface area (Å²) in [6.07, 6.45) is -0.447. The van der Waals surface area contributed by atoms with Gasteiger partial charge in [-0.3, -0.25) is 4.79 Å². The molecule has 17 heavy (non-hydrogen) atoms. The average molecular weight is 245 g/mol. The minimum Gasteiger partial charge on any atom is -0.464 e. The minimum atomic E-state index is -1.19. The molecule has 1 amide bonds. The Kier molecular flexibility index (Phi) is 8.00. The first kappa shape index (κ1) is 15.6. The molecule has 0 radical (unpaired) electrons. The summed E-state index contributed by atoms with van der Waals surface area (Å²) in [5.41, 5.74) is 0.402. The number of aliphatic hydroxyl groups is 1. The van der Waals surface area contributed by atoms with Gasteiger partial charge in [0.15, 0.2) is 6.04 Å². The first-order chi connectivity index (χ1) is 8.08. The molecule has 6 nitrogen and oxygen atoms in total. The highest BCUT2D eigenvalue weighted by atomic mass is 16.5. The number of methoxy groups -OCH3 is 1. The number of carbonyl (C=O) groups excluding carboxylic acids is 2. The molecule has 0 aliphatic heterocycles. The Morgan fingerprint density at radius 1 is 1.59 bits per heavy atom. The summed E-state index contributed by atoms with van der Waals surface area (Å²) in [7, 11) is 1.52. The lowest BCUT2D eigenvalue weighted by atomic mass is 10.0. The van der Waals surface area contributed by atoms with Crippen molar-refractivity contribution in [2.24, 2.45) is 0 Å². The van der Waals surface area contributed by atoms with Gasteiger partial charge in [0, 0.05) is 13.7 Å². The molecule has 0 fully saturated rings. The van der Waals surface area contributed by atoms with Gasteiger partial charge in [0.25, 0.3) is 0 Å². The van der Waals surface area contributed by atoms with Crippen LogP contribution in [0.3, 0.4) is 0 Å². The van der Waals surface area contributed by atoms with Crippen LogP contribution in [-0.4, -0.2) is 50.0 Å². The first-order valence-corrected chi connectivity index (χ1v) is 5.29. The fraction of sp³-hybridized carbons (Fsp3) is 0.636. The number of aliphatic hydroxyl groups excluding tert-OH is 1. The zero-order chi connectivity index (χ0) is 13.3. The fourth-order valence-electron chi connectivity index (χ4n) is 1.21. The number of amides is 1. The van der Waals surface area contributed by atoms with Gasteiger partial charge in [-0.25, -0.2) is 4.79 Å². The van der Waals surface area contributed by atoms with Crippen LogP contribution in [0.2, 0.25) is 0 Å². The molecule has 2 unspecified atom stereocenters. The maximum Gasteiger partial charge on any atom is 0.331 e. The van der Waals surface area contributed by atoms with Crippen LogP contribution in [0.5, 0.6) is 0 Å². The van der Waals surface area contributed by atoms with Gasteiger partial charge in [0.1, 0.15) is 6.10 Å². The third kappa shape index (κ3) is 5.46. The van der Waals surface area contributed by atoms with Crippen LogP contribution in [0, 0.1) is 0 Å². The van der Waals surface area contributed by atoms with E-state index in [4.69, 9.17) is 9.47 Å². The van der Waals surface area contributed by atoms with E-state index in [1.165, 1.54) is 7.11 Å². The standard InChI is InChI=1S/C11H19NO5/c1-4-17-11(15)9(12-7-13)10(14)8(2)5-6-16-3/h7,9-10,14H,2,4-6H2,1,3H3,(H,12,13). The molecule has 0 aromatic rings. The second-order valence-corrected chi connectivity index (χ2v) is 3.36. The number of rotatable bonds is 9. The lowest BCUT2D eigenvalue weighted by Crippen LogP contribution is -2.47. The van der Waals surface area contributed by atoms with Crippen LogP contribution < -0.4 is 5.32 Å². The van der Waals surface area contributed by atoms with E-state index in [0.717, 1.165) is 0 Å². The Bertz CT molecular complexity index is 267. The van der Waals surface area contributed by atoms with Crippen LogP contribution in [0.25, 0.3) is 0 Å². The van der Waals surface area contributed by atoms with E-state index in [2.05, 4.69) is 11.9 Å². The van der Waals surface area contributed by atoms with Crippen LogP contribution in [0.4, 0.5) is 0 Å². The normalized spacial score (nSPS) is 13.6. The predicted octanol–water partition coefficient (Wildman–Crippen LogP) is -0.382. The van der Waals surface area contributed by atoms with Crippen molar-refractivity contribution in [2.45, 2.75) is 25.5 Å². The fourth-order valence-corrected chi connectivity index (χ4v) is 1.21. The van der Waals surface area contributed by atoms with Gasteiger partial charge >= 0.3 is 5.97 Å². The summed E-state index contributed by atoms with van der Waals surface area (Å²) >= 11 is 0. The number of esters is 1. The Hall–Kier alpha value is -1.40. The van der Waals surface area contributed by atoms with Crippen molar-refractivity contribution in [2.75, 3.05) is 20.3 Å². The zero-order valence-electron chi connectivity index (χ0n) is 10.1. The molecule has 0 bridgehead atoms. The molecule has 0 rings (SSSR count). The zero-order valence-corrected chi connectivity index (χ0v) is 10.1. The van der Waals surface area contributed by atoms with Crippen molar-refractivity contribution in [3.63, 3.8) is 0 Å². The molecule has 2 atom stereocenters. The summed E-state index contributed by atoms with van der Waals surface area (Å²) in [5, 5.41) is 12.1. The number of hydrogen-bond acceptors (Lipinski definition) is 5.